The fraction of sp³-hybridized carbons (Fsp3) is 0.143. The highest BCUT2D eigenvalue weighted by Gasteiger charge is 2.37. The smallest absolute Gasteiger partial charge is 0.200 e. The Balaban J connectivity index is 2.77. The largest absolute Gasteiger partial charge is 0.380 e. The molecule has 0 aromatic heterocycles. The summed E-state index contributed by atoms with van der Waals surface area (Å²) >= 11 is 3.10. The van der Waals surface area contributed by atoms with Crippen LogP contribution in [0.5, 0.6) is 0 Å². The Hall–Kier alpha value is -1.47. The standard InChI is InChI=1S/C14H8BrF5O/c1-14(21,6-3-2-4-7(15)5-6)8-9(16)11(18)13(20)12(19)10(8)17/h2-5,21H,1H3. The molecule has 0 aliphatic carbocycles. The molecule has 0 heterocycles. The van der Waals surface area contributed by atoms with Crippen molar-refractivity contribution in [3.8, 4) is 0 Å². The Morgan fingerprint density at radius 2 is 1.38 bits per heavy atom. The van der Waals surface area contributed by atoms with E-state index in [0.717, 1.165) is 6.92 Å². The van der Waals surface area contributed by atoms with Gasteiger partial charge in [-0.2, -0.15) is 0 Å². The van der Waals surface area contributed by atoms with E-state index in [9.17, 15) is 27.1 Å². The normalized spacial score (nSPS) is 14.1. The molecule has 0 fully saturated rings. The lowest BCUT2D eigenvalue weighted by Gasteiger charge is -2.26. The van der Waals surface area contributed by atoms with Crippen LogP contribution in [-0.2, 0) is 5.60 Å². The summed E-state index contributed by atoms with van der Waals surface area (Å²) < 4.78 is 67.6. The number of rotatable bonds is 2. The van der Waals surface area contributed by atoms with Crippen LogP contribution in [0, 0.1) is 29.1 Å². The maximum absolute atomic E-state index is 13.8. The van der Waals surface area contributed by atoms with Crippen LogP contribution in [0.1, 0.15) is 18.1 Å². The van der Waals surface area contributed by atoms with E-state index in [4.69, 9.17) is 0 Å². The molecule has 0 aliphatic heterocycles. The fourth-order valence-corrected chi connectivity index (χ4v) is 2.37. The number of aliphatic hydroxyl groups is 1. The van der Waals surface area contributed by atoms with Crippen LogP contribution >= 0.6 is 15.9 Å². The minimum absolute atomic E-state index is 0.0277. The number of halogens is 6. The molecule has 0 saturated heterocycles. The van der Waals surface area contributed by atoms with Gasteiger partial charge in [0.05, 0.1) is 5.56 Å². The molecule has 0 amide bonds. The third kappa shape index (κ3) is 2.55. The second-order valence-electron chi connectivity index (χ2n) is 4.53. The summed E-state index contributed by atoms with van der Waals surface area (Å²) in [5, 5.41) is 10.3. The van der Waals surface area contributed by atoms with Crippen LogP contribution < -0.4 is 0 Å². The van der Waals surface area contributed by atoms with E-state index < -0.39 is 40.3 Å². The Morgan fingerprint density at radius 3 is 1.86 bits per heavy atom. The molecule has 0 radical (unpaired) electrons. The first-order valence-electron chi connectivity index (χ1n) is 5.68. The molecule has 0 bridgehead atoms. The van der Waals surface area contributed by atoms with Crippen molar-refractivity contribution in [3.63, 3.8) is 0 Å². The average Bonchev–Trinajstić information content (AvgIpc) is 2.43. The lowest BCUT2D eigenvalue weighted by molar-refractivity contribution is 0.0903. The molecule has 1 nitrogen and oxygen atoms in total. The van der Waals surface area contributed by atoms with Crippen LogP contribution in [-0.4, -0.2) is 5.11 Å². The Labute approximate surface area is 125 Å². The topological polar surface area (TPSA) is 20.2 Å². The predicted molar refractivity (Wildman–Crippen MR) is 69.0 cm³/mol. The molecule has 0 spiro atoms. The zero-order valence-corrected chi connectivity index (χ0v) is 12.1. The van der Waals surface area contributed by atoms with Crippen LogP contribution in [0.2, 0.25) is 0 Å². The second kappa shape index (κ2) is 5.38. The number of hydrogen-bond acceptors (Lipinski definition) is 1. The fourth-order valence-electron chi connectivity index (χ4n) is 1.97. The quantitative estimate of drug-likeness (QED) is 0.474. The lowest BCUT2D eigenvalue weighted by atomic mass is 9.87. The van der Waals surface area contributed by atoms with Gasteiger partial charge < -0.3 is 5.11 Å². The zero-order valence-electron chi connectivity index (χ0n) is 10.5. The van der Waals surface area contributed by atoms with Crippen LogP contribution in [0.3, 0.4) is 0 Å². The third-order valence-corrected chi connectivity index (χ3v) is 3.58. The summed E-state index contributed by atoms with van der Waals surface area (Å²) in [6.07, 6.45) is 0. The van der Waals surface area contributed by atoms with Gasteiger partial charge >= 0.3 is 0 Å². The first-order chi connectivity index (χ1) is 9.67. The van der Waals surface area contributed by atoms with Gasteiger partial charge in [0.2, 0.25) is 5.82 Å². The van der Waals surface area contributed by atoms with Crippen molar-refractivity contribution in [1.82, 2.24) is 0 Å². The SMILES string of the molecule is CC(O)(c1cccc(Br)c1)c1c(F)c(F)c(F)c(F)c1F. The predicted octanol–water partition coefficient (Wildman–Crippen LogP) is 4.40. The molecular weight excluding hydrogens is 359 g/mol. The Bertz CT molecular complexity index is 686. The van der Waals surface area contributed by atoms with Gasteiger partial charge in [-0.25, -0.2) is 22.0 Å². The summed E-state index contributed by atoms with van der Waals surface area (Å²) in [4.78, 5) is 0. The molecule has 21 heavy (non-hydrogen) atoms. The highest BCUT2D eigenvalue weighted by Crippen LogP contribution is 2.36. The molecule has 7 heteroatoms. The molecule has 112 valence electrons. The van der Waals surface area contributed by atoms with Crippen molar-refractivity contribution >= 4 is 15.9 Å². The van der Waals surface area contributed by atoms with Gasteiger partial charge in [-0.05, 0) is 24.6 Å². The third-order valence-electron chi connectivity index (χ3n) is 3.08. The molecule has 1 N–H and O–H groups in total. The van der Waals surface area contributed by atoms with Crippen LogP contribution in [0.25, 0.3) is 0 Å². The zero-order chi connectivity index (χ0) is 15.9. The first-order valence-corrected chi connectivity index (χ1v) is 6.47. The number of hydrogen-bond donors (Lipinski definition) is 1. The van der Waals surface area contributed by atoms with Gasteiger partial charge in [-0.1, -0.05) is 28.1 Å². The number of benzene rings is 2. The highest BCUT2D eigenvalue weighted by atomic mass is 79.9. The van der Waals surface area contributed by atoms with Crippen molar-refractivity contribution in [1.29, 1.82) is 0 Å². The minimum atomic E-state index is -2.40. The maximum Gasteiger partial charge on any atom is 0.200 e. The maximum atomic E-state index is 13.8. The van der Waals surface area contributed by atoms with Gasteiger partial charge in [0.1, 0.15) is 5.60 Å². The molecule has 0 aliphatic rings. The van der Waals surface area contributed by atoms with Crippen LogP contribution in [0.15, 0.2) is 28.7 Å². The lowest BCUT2D eigenvalue weighted by Crippen LogP contribution is -2.28. The summed E-state index contributed by atoms with van der Waals surface area (Å²) in [5.74, 6) is -10.6. The van der Waals surface area contributed by atoms with Gasteiger partial charge in [-0.15, -0.1) is 0 Å². The van der Waals surface area contributed by atoms with Gasteiger partial charge in [0, 0.05) is 4.47 Å². The highest BCUT2D eigenvalue weighted by molar-refractivity contribution is 9.10. The van der Waals surface area contributed by atoms with E-state index >= 15 is 0 Å². The van der Waals surface area contributed by atoms with E-state index in [1.54, 1.807) is 6.07 Å². The minimum Gasteiger partial charge on any atom is -0.380 e. The molecule has 1 atom stereocenters. The monoisotopic (exact) mass is 366 g/mol. The van der Waals surface area contributed by atoms with Crippen molar-refractivity contribution in [2.24, 2.45) is 0 Å². The van der Waals surface area contributed by atoms with E-state index in [1.807, 2.05) is 0 Å². The molecule has 2 aromatic carbocycles. The van der Waals surface area contributed by atoms with E-state index in [0.29, 0.717) is 4.47 Å². The summed E-state index contributed by atoms with van der Waals surface area (Å²) in [5.41, 5.74) is -3.72. The van der Waals surface area contributed by atoms with Gasteiger partial charge in [0.15, 0.2) is 23.3 Å². The Morgan fingerprint density at radius 1 is 0.905 bits per heavy atom. The molecule has 2 rings (SSSR count). The molecule has 1 unspecified atom stereocenters. The van der Waals surface area contributed by atoms with E-state index in [-0.39, 0.29) is 5.56 Å². The molecule has 0 saturated carbocycles. The first kappa shape index (κ1) is 15.9. The summed E-state index contributed by atoms with van der Waals surface area (Å²) in [6, 6.07) is 5.67. The van der Waals surface area contributed by atoms with Crippen LogP contribution in [0.4, 0.5) is 22.0 Å². The van der Waals surface area contributed by atoms with E-state index in [2.05, 4.69) is 15.9 Å². The Kier molecular flexibility index (Phi) is 4.08. The van der Waals surface area contributed by atoms with Gasteiger partial charge in [0.25, 0.3) is 0 Å². The molecular formula is C14H8BrF5O. The van der Waals surface area contributed by atoms with E-state index in [1.165, 1.54) is 18.2 Å². The summed E-state index contributed by atoms with van der Waals surface area (Å²) in [6.45, 7) is 0.951. The van der Waals surface area contributed by atoms with Gasteiger partial charge in [-0.3, -0.25) is 0 Å². The van der Waals surface area contributed by atoms with Crippen molar-refractivity contribution in [2.45, 2.75) is 12.5 Å². The average molecular weight is 367 g/mol. The van der Waals surface area contributed by atoms with Crippen molar-refractivity contribution in [3.05, 3.63) is 69.0 Å². The van der Waals surface area contributed by atoms with Crippen molar-refractivity contribution in [2.75, 3.05) is 0 Å². The molecule has 2 aromatic rings. The second-order valence-corrected chi connectivity index (χ2v) is 5.44. The summed E-state index contributed by atoms with van der Waals surface area (Å²) in [7, 11) is 0. The van der Waals surface area contributed by atoms with Crippen molar-refractivity contribution < 1.29 is 27.1 Å².